The van der Waals surface area contributed by atoms with Crippen molar-refractivity contribution in [3.8, 4) is 0 Å². The number of esters is 1. The number of carbonyl (C=O) groups excluding carboxylic acids is 1. The van der Waals surface area contributed by atoms with E-state index in [1.807, 2.05) is 6.92 Å². The number of hydrogen-bond donors (Lipinski definition) is 0. The van der Waals surface area contributed by atoms with Crippen LogP contribution in [0.2, 0.25) is 0 Å². The Morgan fingerprint density at radius 2 is 2.21 bits per heavy atom. The van der Waals surface area contributed by atoms with Crippen molar-refractivity contribution in [2.75, 3.05) is 0 Å². The van der Waals surface area contributed by atoms with E-state index in [0.29, 0.717) is 0 Å². The number of carbonyl (C=O) groups is 1. The number of rotatable bonds is 0. The summed E-state index contributed by atoms with van der Waals surface area (Å²) in [6.45, 7) is 4.08. The largest absolute Gasteiger partial charge is 0.468 e. The van der Waals surface area contributed by atoms with E-state index < -0.39 is 5.60 Å². The van der Waals surface area contributed by atoms with Crippen LogP contribution in [0, 0.1) is 6.92 Å². The zero-order valence-electron chi connectivity index (χ0n) is 11.1. The van der Waals surface area contributed by atoms with Crippen molar-refractivity contribution in [1.82, 2.24) is 0 Å². The second kappa shape index (κ2) is 3.51. The summed E-state index contributed by atoms with van der Waals surface area (Å²) in [5, 5.41) is 0. The van der Waals surface area contributed by atoms with Gasteiger partial charge in [-0.15, -0.1) is 0 Å². The molecular formula is C15H16O4. The number of furan rings is 1. The molecule has 0 spiro atoms. The molecule has 3 atom stereocenters. The Hall–Kier alpha value is -1.55. The molecule has 0 saturated carbocycles. The highest BCUT2D eigenvalue weighted by Gasteiger charge is 2.73. The van der Waals surface area contributed by atoms with Crippen molar-refractivity contribution in [2.45, 2.75) is 50.9 Å². The number of ether oxygens (including phenoxy) is 2. The van der Waals surface area contributed by atoms with Gasteiger partial charge in [-0.2, -0.15) is 0 Å². The smallest absolute Gasteiger partial charge is 0.342 e. The summed E-state index contributed by atoms with van der Waals surface area (Å²) < 4.78 is 16.9. The van der Waals surface area contributed by atoms with Crippen LogP contribution < -0.4 is 0 Å². The van der Waals surface area contributed by atoms with Crippen molar-refractivity contribution < 1.29 is 18.7 Å². The lowest BCUT2D eigenvalue weighted by molar-refractivity contribution is -0.154. The first-order chi connectivity index (χ1) is 9.12. The van der Waals surface area contributed by atoms with Crippen molar-refractivity contribution in [3.63, 3.8) is 0 Å². The molecule has 0 unspecified atom stereocenters. The summed E-state index contributed by atoms with van der Waals surface area (Å²) in [4.78, 5) is 12.1. The average Bonchev–Trinajstić information content (AvgIpc) is 2.91. The van der Waals surface area contributed by atoms with Crippen LogP contribution in [0.4, 0.5) is 0 Å². The van der Waals surface area contributed by atoms with E-state index in [0.717, 1.165) is 36.1 Å². The minimum Gasteiger partial charge on any atom is -0.468 e. The molecule has 3 heterocycles. The highest BCUT2D eigenvalue weighted by molar-refractivity contribution is 5.87. The molecule has 3 aliphatic rings. The second-order valence-corrected chi connectivity index (χ2v) is 5.78. The fourth-order valence-electron chi connectivity index (χ4n) is 3.34. The second-order valence-electron chi connectivity index (χ2n) is 5.78. The van der Waals surface area contributed by atoms with E-state index in [9.17, 15) is 4.79 Å². The standard InChI is InChI=1S/C15H16O4/c1-8-4-3-5-15-13(19-15)12(18-14(15)16)11-9(2)7-17-10(11)6-8/h4,7,12-13H,3,5-6H2,1-2H3/t12-,13-,15+/m1/s1. The molecule has 0 radical (unpaired) electrons. The van der Waals surface area contributed by atoms with Gasteiger partial charge < -0.3 is 13.9 Å². The van der Waals surface area contributed by atoms with Gasteiger partial charge in [-0.25, -0.2) is 4.79 Å². The number of aryl methyl sites for hydroxylation is 1. The predicted octanol–water partition coefficient (Wildman–Crippen LogP) is 2.61. The summed E-state index contributed by atoms with van der Waals surface area (Å²) in [6.07, 6.45) is 5.84. The molecule has 1 aromatic rings. The van der Waals surface area contributed by atoms with Crippen molar-refractivity contribution in [1.29, 1.82) is 0 Å². The summed E-state index contributed by atoms with van der Waals surface area (Å²) in [6, 6.07) is 0. The van der Waals surface area contributed by atoms with E-state index in [2.05, 4.69) is 13.0 Å². The third-order valence-electron chi connectivity index (χ3n) is 4.43. The zero-order chi connectivity index (χ0) is 13.2. The first-order valence-electron chi connectivity index (χ1n) is 6.73. The summed E-state index contributed by atoms with van der Waals surface area (Å²) >= 11 is 0. The zero-order valence-corrected chi connectivity index (χ0v) is 11.1. The molecule has 19 heavy (non-hydrogen) atoms. The molecule has 0 aromatic carbocycles. The van der Waals surface area contributed by atoms with Gasteiger partial charge in [0.2, 0.25) is 0 Å². The minimum atomic E-state index is -0.681. The predicted molar refractivity (Wildman–Crippen MR) is 66.6 cm³/mol. The molecule has 4 nitrogen and oxygen atoms in total. The molecule has 4 rings (SSSR count). The highest BCUT2D eigenvalue weighted by atomic mass is 16.7. The van der Waals surface area contributed by atoms with Gasteiger partial charge in [0, 0.05) is 12.0 Å². The van der Waals surface area contributed by atoms with E-state index in [1.54, 1.807) is 6.26 Å². The van der Waals surface area contributed by atoms with Gasteiger partial charge in [0.25, 0.3) is 0 Å². The van der Waals surface area contributed by atoms with Crippen LogP contribution >= 0.6 is 0 Å². The van der Waals surface area contributed by atoms with Gasteiger partial charge in [0.1, 0.15) is 11.9 Å². The third-order valence-corrected chi connectivity index (χ3v) is 4.43. The molecule has 2 fully saturated rings. The van der Waals surface area contributed by atoms with Crippen LogP contribution in [0.3, 0.4) is 0 Å². The van der Waals surface area contributed by atoms with Crippen LogP contribution in [0.1, 0.15) is 42.8 Å². The Balaban J connectivity index is 1.85. The Morgan fingerprint density at radius 1 is 1.37 bits per heavy atom. The topological polar surface area (TPSA) is 52.0 Å². The minimum absolute atomic E-state index is 0.123. The Bertz CT molecular complexity index is 597. The number of epoxide rings is 1. The SMILES string of the molecule is CC1=CCC[C@]23O[C@@H]2[C@H](OC3=O)c2c(C)coc2C1. The molecular weight excluding hydrogens is 244 g/mol. The fourth-order valence-corrected chi connectivity index (χ4v) is 3.34. The Kier molecular flexibility index (Phi) is 2.09. The average molecular weight is 260 g/mol. The van der Waals surface area contributed by atoms with Crippen molar-refractivity contribution >= 4 is 5.97 Å². The van der Waals surface area contributed by atoms with Crippen LogP contribution in [0.25, 0.3) is 0 Å². The molecule has 4 heteroatoms. The monoisotopic (exact) mass is 260 g/mol. The molecule has 100 valence electrons. The molecule has 1 aliphatic carbocycles. The molecule has 0 N–H and O–H groups in total. The van der Waals surface area contributed by atoms with Crippen molar-refractivity contribution in [3.05, 3.63) is 34.8 Å². The lowest BCUT2D eigenvalue weighted by atomic mass is 9.91. The van der Waals surface area contributed by atoms with Gasteiger partial charge in [-0.05, 0) is 32.3 Å². The van der Waals surface area contributed by atoms with Crippen LogP contribution in [0.15, 0.2) is 22.3 Å². The Labute approximate surface area is 111 Å². The molecule has 1 aromatic heterocycles. The quantitative estimate of drug-likeness (QED) is 0.409. The maximum atomic E-state index is 12.1. The van der Waals surface area contributed by atoms with E-state index in [1.165, 1.54) is 5.57 Å². The molecule has 2 bridgehead atoms. The first kappa shape index (κ1) is 11.3. The van der Waals surface area contributed by atoms with E-state index >= 15 is 0 Å². The molecule has 2 aliphatic heterocycles. The summed E-state index contributed by atoms with van der Waals surface area (Å²) in [7, 11) is 0. The van der Waals surface area contributed by atoms with Crippen LogP contribution in [0.5, 0.6) is 0 Å². The van der Waals surface area contributed by atoms with Gasteiger partial charge >= 0.3 is 5.97 Å². The lowest BCUT2D eigenvalue weighted by Gasteiger charge is -2.13. The fraction of sp³-hybridized carbons (Fsp3) is 0.533. The van der Waals surface area contributed by atoms with Crippen LogP contribution in [-0.2, 0) is 20.7 Å². The van der Waals surface area contributed by atoms with Crippen molar-refractivity contribution in [2.24, 2.45) is 0 Å². The maximum absolute atomic E-state index is 12.1. The van der Waals surface area contributed by atoms with Gasteiger partial charge in [-0.1, -0.05) is 11.6 Å². The number of fused-ring (bicyclic) bond motifs is 2. The van der Waals surface area contributed by atoms with Gasteiger partial charge in [0.15, 0.2) is 11.7 Å². The Morgan fingerprint density at radius 3 is 3.00 bits per heavy atom. The lowest BCUT2D eigenvalue weighted by Crippen LogP contribution is -2.22. The number of hydrogen-bond acceptors (Lipinski definition) is 4. The van der Waals surface area contributed by atoms with Gasteiger partial charge in [0.05, 0.1) is 6.26 Å². The highest BCUT2D eigenvalue weighted by Crippen LogP contribution is 2.57. The van der Waals surface area contributed by atoms with E-state index in [4.69, 9.17) is 13.9 Å². The first-order valence-corrected chi connectivity index (χ1v) is 6.73. The summed E-state index contributed by atoms with van der Waals surface area (Å²) in [5.74, 6) is 0.694. The summed E-state index contributed by atoms with van der Waals surface area (Å²) in [5.41, 5.74) is 2.62. The third kappa shape index (κ3) is 1.40. The maximum Gasteiger partial charge on any atom is 0.342 e. The van der Waals surface area contributed by atoms with Crippen LogP contribution in [-0.4, -0.2) is 17.7 Å². The molecule has 2 saturated heterocycles. The molecule has 0 amide bonds. The number of allylic oxidation sites excluding steroid dienone is 2. The normalized spacial score (nSPS) is 36.1. The van der Waals surface area contributed by atoms with E-state index in [-0.39, 0.29) is 18.2 Å². The van der Waals surface area contributed by atoms with Gasteiger partial charge in [-0.3, -0.25) is 0 Å².